The molecule has 1 aliphatic rings. The lowest BCUT2D eigenvalue weighted by Crippen LogP contribution is -2.50. The Hall–Kier alpha value is -2.38. The summed E-state index contributed by atoms with van der Waals surface area (Å²) in [6.07, 6.45) is 2.77. The fourth-order valence-electron chi connectivity index (χ4n) is 2.27. The zero-order valence-electron chi connectivity index (χ0n) is 14.9. The van der Waals surface area contributed by atoms with E-state index in [4.69, 9.17) is 4.74 Å². The standard InChI is InChI=1S/C16H25N5O3/c1-16(2,3)24-15(23)21-8-6-20(7-9-21)14-17-10-12(11-18-14)13(22)19(4)5/h10-11H,6-9H2,1-5H3. The minimum atomic E-state index is -0.494. The molecule has 1 saturated heterocycles. The van der Waals surface area contributed by atoms with E-state index in [0.717, 1.165) is 0 Å². The highest BCUT2D eigenvalue weighted by Crippen LogP contribution is 2.14. The Bertz CT molecular complexity index is 587. The van der Waals surface area contributed by atoms with Crippen LogP contribution in [0, 0.1) is 0 Å². The van der Waals surface area contributed by atoms with Gasteiger partial charge in [-0.1, -0.05) is 0 Å². The fourth-order valence-corrected chi connectivity index (χ4v) is 2.27. The van der Waals surface area contributed by atoms with Gasteiger partial charge in [0.1, 0.15) is 5.60 Å². The van der Waals surface area contributed by atoms with Crippen molar-refractivity contribution < 1.29 is 14.3 Å². The van der Waals surface area contributed by atoms with Crippen molar-refractivity contribution in [3.63, 3.8) is 0 Å². The number of ether oxygens (including phenoxy) is 1. The van der Waals surface area contributed by atoms with Crippen molar-refractivity contribution in [2.45, 2.75) is 26.4 Å². The van der Waals surface area contributed by atoms with Crippen molar-refractivity contribution in [3.05, 3.63) is 18.0 Å². The highest BCUT2D eigenvalue weighted by Gasteiger charge is 2.26. The van der Waals surface area contributed by atoms with Gasteiger partial charge in [0.25, 0.3) is 5.91 Å². The van der Waals surface area contributed by atoms with Crippen molar-refractivity contribution in [1.82, 2.24) is 19.8 Å². The molecule has 0 saturated carbocycles. The van der Waals surface area contributed by atoms with Gasteiger partial charge in [-0.25, -0.2) is 14.8 Å². The van der Waals surface area contributed by atoms with Crippen molar-refractivity contribution in [3.8, 4) is 0 Å². The molecule has 1 aliphatic heterocycles. The quantitative estimate of drug-likeness (QED) is 0.809. The smallest absolute Gasteiger partial charge is 0.410 e. The molecule has 1 aromatic heterocycles. The number of anilines is 1. The molecule has 8 heteroatoms. The number of piperazine rings is 1. The number of aromatic nitrogens is 2. The average molecular weight is 335 g/mol. The van der Waals surface area contributed by atoms with Gasteiger partial charge in [0.2, 0.25) is 5.95 Å². The molecule has 2 rings (SSSR count). The lowest BCUT2D eigenvalue weighted by atomic mass is 10.2. The molecular weight excluding hydrogens is 310 g/mol. The van der Waals surface area contributed by atoms with E-state index in [2.05, 4.69) is 9.97 Å². The third-order valence-electron chi connectivity index (χ3n) is 3.51. The lowest BCUT2D eigenvalue weighted by molar-refractivity contribution is 0.0240. The fraction of sp³-hybridized carbons (Fsp3) is 0.625. The van der Waals surface area contributed by atoms with E-state index in [1.165, 1.54) is 17.3 Å². The molecule has 132 valence electrons. The second-order valence-electron chi connectivity index (χ2n) is 6.93. The van der Waals surface area contributed by atoms with Gasteiger partial charge in [0, 0.05) is 52.7 Å². The predicted octanol–water partition coefficient (Wildman–Crippen LogP) is 1.24. The highest BCUT2D eigenvalue weighted by atomic mass is 16.6. The predicted molar refractivity (Wildman–Crippen MR) is 90.1 cm³/mol. The molecule has 0 spiro atoms. The third kappa shape index (κ3) is 4.56. The van der Waals surface area contributed by atoms with Crippen molar-refractivity contribution in [2.75, 3.05) is 45.2 Å². The molecule has 0 aromatic carbocycles. The Kier molecular flexibility index (Phi) is 5.26. The van der Waals surface area contributed by atoms with Gasteiger partial charge >= 0.3 is 6.09 Å². The van der Waals surface area contributed by atoms with E-state index >= 15 is 0 Å². The Balaban J connectivity index is 1.93. The SMILES string of the molecule is CN(C)C(=O)c1cnc(N2CCN(C(=O)OC(C)(C)C)CC2)nc1. The first kappa shape index (κ1) is 18.0. The van der Waals surface area contributed by atoms with E-state index in [9.17, 15) is 9.59 Å². The first-order valence-corrected chi connectivity index (χ1v) is 7.94. The number of hydrogen-bond donors (Lipinski definition) is 0. The molecule has 0 N–H and O–H groups in total. The van der Waals surface area contributed by atoms with Gasteiger partial charge in [-0.05, 0) is 20.8 Å². The molecule has 8 nitrogen and oxygen atoms in total. The molecule has 0 unspecified atom stereocenters. The zero-order valence-corrected chi connectivity index (χ0v) is 14.9. The van der Waals surface area contributed by atoms with E-state index in [0.29, 0.717) is 37.7 Å². The number of hydrogen-bond acceptors (Lipinski definition) is 6. The van der Waals surface area contributed by atoms with Crippen LogP contribution in [0.3, 0.4) is 0 Å². The first-order chi connectivity index (χ1) is 11.2. The van der Waals surface area contributed by atoms with Crippen LogP contribution in [-0.4, -0.2) is 77.6 Å². The molecular formula is C16H25N5O3. The summed E-state index contributed by atoms with van der Waals surface area (Å²) in [5, 5.41) is 0. The van der Waals surface area contributed by atoms with Crippen molar-refractivity contribution in [1.29, 1.82) is 0 Å². The van der Waals surface area contributed by atoms with Gasteiger partial charge in [-0.15, -0.1) is 0 Å². The molecule has 2 amide bonds. The molecule has 0 bridgehead atoms. The van der Waals surface area contributed by atoms with Crippen LogP contribution in [0.2, 0.25) is 0 Å². The van der Waals surface area contributed by atoms with Crippen molar-refractivity contribution >= 4 is 17.9 Å². The van der Waals surface area contributed by atoms with Gasteiger partial charge in [-0.3, -0.25) is 4.79 Å². The Morgan fingerprint density at radius 3 is 2.08 bits per heavy atom. The average Bonchev–Trinajstić information content (AvgIpc) is 2.53. The van der Waals surface area contributed by atoms with Crippen LogP contribution in [0.25, 0.3) is 0 Å². The molecule has 0 radical (unpaired) electrons. The summed E-state index contributed by atoms with van der Waals surface area (Å²) in [6, 6.07) is 0. The topological polar surface area (TPSA) is 78.9 Å². The summed E-state index contributed by atoms with van der Waals surface area (Å²) in [4.78, 5) is 37.6. The van der Waals surface area contributed by atoms with E-state index in [-0.39, 0.29) is 12.0 Å². The maximum Gasteiger partial charge on any atom is 0.410 e. The van der Waals surface area contributed by atoms with Crippen LogP contribution >= 0.6 is 0 Å². The summed E-state index contributed by atoms with van der Waals surface area (Å²) in [7, 11) is 3.37. The summed E-state index contributed by atoms with van der Waals surface area (Å²) in [6.45, 7) is 7.91. The highest BCUT2D eigenvalue weighted by molar-refractivity contribution is 5.93. The monoisotopic (exact) mass is 335 g/mol. The van der Waals surface area contributed by atoms with Crippen LogP contribution in [0.1, 0.15) is 31.1 Å². The van der Waals surface area contributed by atoms with E-state index in [1.807, 2.05) is 25.7 Å². The minimum absolute atomic E-state index is 0.128. The second-order valence-corrected chi connectivity index (χ2v) is 6.93. The Morgan fingerprint density at radius 2 is 1.62 bits per heavy atom. The van der Waals surface area contributed by atoms with Crippen LogP contribution in [0.15, 0.2) is 12.4 Å². The van der Waals surface area contributed by atoms with E-state index < -0.39 is 5.60 Å². The zero-order chi connectivity index (χ0) is 17.9. The van der Waals surface area contributed by atoms with Gasteiger partial charge in [0.15, 0.2) is 0 Å². The van der Waals surface area contributed by atoms with Crippen LogP contribution in [0.4, 0.5) is 10.7 Å². The molecule has 1 fully saturated rings. The number of nitrogens with zero attached hydrogens (tertiary/aromatic N) is 5. The number of carbonyl (C=O) groups is 2. The second kappa shape index (κ2) is 7.02. The van der Waals surface area contributed by atoms with Crippen LogP contribution in [0.5, 0.6) is 0 Å². The maximum atomic E-state index is 12.1. The number of carbonyl (C=O) groups excluding carboxylic acids is 2. The molecule has 1 aromatic rings. The summed E-state index contributed by atoms with van der Waals surface area (Å²) >= 11 is 0. The Morgan fingerprint density at radius 1 is 1.08 bits per heavy atom. The molecule has 2 heterocycles. The normalized spacial score (nSPS) is 15.2. The van der Waals surface area contributed by atoms with Crippen molar-refractivity contribution in [2.24, 2.45) is 0 Å². The largest absolute Gasteiger partial charge is 0.444 e. The summed E-state index contributed by atoms with van der Waals surface area (Å²) in [5.74, 6) is 0.436. The maximum absolute atomic E-state index is 12.1. The molecule has 0 atom stereocenters. The van der Waals surface area contributed by atoms with Crippen LogP contribution in [-0.2, 0) is 4.74 Å². The molecule has 24 heavy (non-hydrogen) atoms. The third-order valence-corrected chi connectivity index (χ3v) is 3.51. The summed E-state index contributed by atoms with van der Waals surface area (Å²) < 4.78 is 5.38. The number of amides is 2. The number of rotatable bonds is 2. The minimum Gasteiger partial charge on any atom is -0.444 e. The van der Waals surface area contributed by atoms with Crippen LogP contribution < -0.4 is 4.90 Å². The van der Waals surface area contributed by atoms with Gasteiger partial charge in [-0.2, -0.15) is 0 Å². The first-order valence-electron chi connectivity index (χ1n) is 7.94. The van der Waals surface area contributed by atoms with E-state index in [1.54, 1.807) is 19.0 Å². The van der Waals surface area contributed by atoms with Gasteiger partial charge < -0.3 is 19.4 Å². The summed E-state index contributed by atoms with van der Waals surface area (Å²) in [5.41, 5.74) is -0.0392. The lowest BCUT2D eigenvalue weighted by Gasteiger charge is -2.35. The van der Waals surface area contributed by atoms with Gasteiger partial charge in [0.05, 0.1) is 5.56 Å². The Labute approximate surface area is 142 Å². The molecule has 0 aliphatic carbocycles.